The fourth-order valence-electron chi connectivity index (χ4n) is 3.71. The molecule has 0 unspecified atom stereocenters. The van der Waals surface area contributed by atoms with Gasteiger partial charge in [-0.15, -0.1) is 0 Å². The zero-order chi connectivity index (χ0) is 25.2. The van der Waals surface area contributed by atoms with E-state index in [1.807, 2.05) is 0 Å². The summed E-state index contributed by atoms with van der Waals surface area (Å²) in [5, 5.41) is 2.79. The van der Waals surface area contributed by atoms with Gasteiger partial charge in [0.25, 0.3) is 0 Å². The second-order valence-corrected chi connectivity index (χ2v) is 8.56. The van der Waals surface area contributed by atoms with Crippen molar-refractivity contribution in [3.63, 3.8) is 0 Å². The first-order chi connectivity index (χ1) is 15.9. The van der Waals surface area contributed by atoms with Gasteiger partial charge in [-0.1, -0.05) is 11.3 Å². The molecule has 3 N–H and O–H groups in total. The van der Waals surface area contributed by atoms with Crippen LogP contribution in [0.5, 0.6) is 0 Å². The summed E-state index contributed by atoms with van der Waals surface area (Å²) in [7, 11) is 0. The number of nitrogens with two attached hydrogens (primary N) is 1. The molecule has 0 bridgehead atoms. The number of nitrogens with zero attached hydrogens (tertiary/aromatic N) is 2. The number of fused-ring (bicyclic) bond motifs is 1. The van der Waals surface area contributed by atoms with Crippen LogP contribution in [-0.4, -0.2) is 65.4 Å². The van der Waals surface area contributed by atoms with Crippen LogP contribution in [0.15, 0.2) is 9.79 Å². The summed E-state index contributed by atoms with van der Waals surface area (Å²) in [5.74, 6) is -2.71. The third-order valence-corrected chi connectivity index (χ3v) is 5.90. The van der Waals surface area contributed by atoms with Gasteiger partial charge in [0.1, 0.15) is 25.1 Å². The van der Waals surface area contributed by atoms with Gasteiger partial charge in [-0.3, -0.25) is 28.5 Å². The Balaban J connectivity index is 2.17. The number of carbonyl (C=O) groups excluding carboxylic acids is 4. The predicted octanol–water partition coefficient (Wildman–Crippen LogP) is -0.593. The SMILES string of the molecule is CC(=O)OC[C@H]1O[C@@H](n2c3c(sc2=O)CN=C(N)N3)[C@H](OC(C)=O)[C@@]1(COC(C)=O)OC(C)=O. The Kier molecular flexibility index (Phi) is 7.26. The Morgan fingerprint density at radius 1 is 1.15 bits per heavy atom. The van der Waals surface area contributed by atoms with Crippen LogP contribution in [-0.2, 0) is 49.4 Å². The number of ether oxygens (including phenoxy) is 5. The van der Waals surface area contributed by atoms with E-state index in [0.717, 1.165) is 43.6 Å². The third kappa shape index (κ3) is 5.04. The first-order valence-electron chi connectivity index (χ1n) is 10.0. The highest BCUT2D eigenvalue weighted by atomic mass is 32.1. The van der Waals surface area contributed by atoms with E-state index < -0.39 is 66.0 Å². The smallest absolute Gasteiger partial charge is 0.311 e. The topological polar surface area (TPSA) is 187 Å². The van der Waals surface area contributed by atoms with Crippen molar-refractivity contribution in [1.29, 1.82) is 0 Å². The molecule has 2 aliphatic heterocycles. The number of nitrogens with one attached hydrogen (secondary N) is 1. The second-order valence-electron chi connectivity index (χ2n) is 7.51. The quantitative estimate of drug-likeness (QED) is 0.358. The van der Waals surface area contributed by atoms with Crippen molar-refractivity contribution >= 4 is 47.0 Å². The summed E-state index contributed by atoms with van der Waals surface area (Å²) < 4.78 is 28.4. The molecule has 34 heavy (non-hydrogen) atoms. The van der Waals surface area contributed by atoms with E-state index in [1.165, 1.54) is 0 Å². The number of rotatable bonds is 7. The van der Waals surface area contributed by atoms with Crippen molar-refractivity contribution in [3.05, 3.63) is 14.5 Å². The van der Waals surface area contributed by atoms with Crippen LogP contribution >= 0.6 is 11.3 Å². The van der Waals surface area contributed by atoms with Crippen molar-refractivity contribution in [2.24, 2.45) is 10.7 Å². The number of hydrogen-bond donors (Lipinski definition) is 2. The highest BCUT2D eigenvalue weighted by Crippen LogP contribution is 2.44. The number of carbonyl (C=O) groups is 4. The molecule has 15 heteroatoms. The number of guanidine groups is 1. The first kappa shape index (κ1) is 25.2. The molecule has 3 rings (SSSR count). The standard InChI is InChI=1S/C19H24N4O10S/c1-8(24)29-6-13-19(33-11(4)27,7-30-9(2)25)14(31-10(3)26)16(32-13)23-15-12(34-18(23)28)5-21-17(20)22-15/h13-14,16H,5-7H2,1-4H3,(H3,20,21,22)/t13-,14+,16-,19+/m1/s1. The van der Waals surface area contributed by atoms with Gasteiger partial charge < -0.3 is 34.7 Å². The molecule has 0 aliphatic carbocycles. The summed E-state index contributed by atoms with van der Waals surface area (Å²) in [5.41, 5.74) is 3.82. The normalized spacial score (nSPS) is 25.4. The molecule has 0 aromatic carbocycles. The van der Waals surface area contributed by atoms with Gasteiger partial charge in [0, 0.05) is 27.7 Å². The van der Waals surface area contributed by atoms with E-state index in [4.69, 9.17) is 29.4 Å². The average molecular weight is 500 g/mol. The molecule has 0 spiro atoms. The zero-order valence-corrected chi connectivity index (χ0v) is 19.6. The number of esters is 4. The van der Waals surface area contributed by atoms with Gasteiger partial charge >= 0.3 is 28.8 Å². The van der Waals surface area contributed by atoms with E-state index in [9.17, 15) is 24.0 Å². The minimum Gasteiger partial charge on any atom is -0.463 e. The lowest BCUT2D eigenvalue weighted by Gasteiger charge is -2.36. The monoisotopic (exact) mass is 500 g/mol. The summed E-state index contributed by atoms with van der Waals surface area (Å²) in [6.45, 7) is 3.54. The highest BCUT2D eigenvalue weighted by molar-refractivity contribution is 7.09. The zero-order valence-electron chi connectivity index (χ0n) is 18.8. The maximum absolute atomic E-state index is 13.0. The molecule has 3 heterocycles. The molecule has 1 aromatic heterocycles. The Hall–Kier alpha value is -3.46. The van der Waals surface area contributed by atoms with E-state index in [2.05, 4.69) is 10.3 Å². The number of aliphatic imine (C=N–C) groups is 1. The lowest BCUT2D eigenvalue weighted by Crippen LogP contribution is -2.57. The van der Waals surface area contributed by atoms with Crippen molar-refractivity contribution in [2.75, 3.05) is 18.5 Å². The van der Waals surface area contributed by atoms with Crippen LogP contribution in [0.1, 0.15) is 38.8 Å². The van der Waals surface area contributed by atoms with Crippen molar-refractivity contribution < 1.29 is 42.9 Å². The Bertz CT molecular complexity index is 1100. The molecule has 1 fully saturated rings. The van der Waals surface area contributed by atoms with E-state index in [-0.39, 0.29) is 18.3 Å². The van der Waals surface area contributed by atoms with E-state index >= 15 is 0 Å². The molecule has 1 aromatic rings. The Morgan fingerprint density at radius 3 is 2.41 bits per heavy atom. The third-order valence-electron chi connectivity index (χ3n) is 4.96. The molecule has 0 amide bonds. The van der Waals surface area contributed by atoms with Gasteiger partial charge in [0.15, 0.2) is 18.3 Å². The lowest BCUT2D eigenvalue weighted by atomic mass is 9.92. The Labute approximate surface area is 196 Å². The summed E-state index contributed by atoms with van der Waals surface area (Å²) in [4.78, 5) is 64.3. The van der Waals surface area contributed by atoms with Crippen LogP contribution in [0.3, 0.4) is 0 Å². The van der Waals surface area contributed by atoms with Crippen LogP contribution in [0.2, 0.25) is 0 Å². The fourth-order valence-corrected chi connectivity index (χ4v) is 4.59. The molecule has 0 saturated carbocycles. The number of aromatic nitrogens is 1. The molecule has 0 radical (unpaired) electrons. The number of hydrogen-bond acceptors (Lipinski definition) is 14. The second kappa shape index (κ2) is 9.80. The number of anilines is 1. The fraction of sp³-hybridized carbons (Fsp3) is 0.579. The van der Waals surface area contributed by atoms with Crippen LogP contribution < -0.4 is 15.9 Å². The van der Waals surface area contributed by atoms with Gasteiger partial charge in [0.05, 0.1) is 11.4 Å². The Morgan fingerprint density at radius 2 is 1.82 bits per heavy atom. The molecule has 14 nitrogen and oxygen atoms in total. The molecule has 186 valence electrons. The van der Waals surface area contributed by atoms with Crippen molar-refractivity contribution in [3.8, 4) is 0 Å². The minimum absolute atomic E-state index is 0.0451. The molecule has 4 atom stereocenters. The van der Waals surface area contributed by atoms with Crippen molar-refractivity contribution in [1.82, 2.24) is 4.57 Å². The molecule has 1 saturated heterocycles. The highest BCUT2D eigenvalue weighted by Gasteiger charge is 2.64. The van der Waals surface area contributed by atoms with Gasteiger partial charge in [-0.25, -0.2) is 4.99 Å². The van der Waals surface area contributed by atoms with E-state index in [0.29, 0.717) is 4.88 Å². The average Bonchev–Trinajstić information content (AvgIpc) is 3.18. The first-order valence-corrected chi connectivity index (χ1v) is 10.9. The lowest BCUT2D eigenvalue weighted by molar-refractivity contribution is -0.200. The predicted molar refractivity (Wildman–Crippen MR) is 115 cm³/mol. The van der Waals surface area contributed by atoms with E-state index in [1.54, 1.807) is 0 Å². The minimum atomic E-state index is -1.95. The van der Waals surface area contributed by atoms with Gasteiger partial charge in [-0.2, -0.15) is 0 Å². The summed E-state index contributed by atoms with van der Waals surface area (Å²) in [6, 6.07) is 0. The van der Waals surface area contributed by atoms with Gasteiger partial charge in [-0.05, 0) is 0 Å². The van der Waals surface area contributed by atoms with Crippen LogP contribution in [0.25, 0.3) is 0 Å². The molecular formula is C19H24N4O10S. The van der Waals surface area contributed by atoms with Crippen LogP contribution in [0.4, 0.5) is 5.82 Å². The summed E-state index contributed by atoms with van der Waals surface area (Å²) in [6.07, 6.45) is -4.14. The van der Waals surface area contributed by atoms with Crippen LogP contribution in [0, 0.1) is 0 Å². The molecular weight excluding hydrogens is 476 g/mol. The maximum Gasteiger partial charge on any atom is 0.311 e. The molecule has 2 aliphatic rings. The summed E-state index contributed by atoms with van der Waals surface area (Å²) >= 11 is 0.862. The number of thiazole rings is 1. The van der Waals surface area contributed by atoms with Gasteiger partial charge in [0.2, 0.25) is 5.60 Å². The maximum atomic E-state index is 13.0. The van der Waals surface area contributed by atoms with Crippen molar-refractivity contribution in [2.45, 2.75) is 58.3 Å². The largest absolute Gasteiger partial charge is 0.463 e.